The summed E-state index contributed by atoms with van der Waals surface area (Å²) in [7, 11) is 0. The Balaban J connectivity index is 1.22. The van der Waals surface area contributed by atoms with Crippen LogP contribution in [0.25, 0.3) is 0 Å². The number of nitrogens with zero attached hydrogens (tertiary/aromatic N) is 2. The molecule has 0 bridgehead atoms. The Bertz CT molecular complexity index is 1010. The Morgan fingerprint density at radius 3 is 2.60 bits per heavy atom. The first-order valence-electron chi connectivity index (χ1n) is 10.1. The second kappa shape index (κ2) is 9.14. The van der Waals surface area contributed by atoms with Crippen LogP contribution < -0.4 is 5.32 Å². The van der Waals surface area contributed by atoms with E-state index in [1.165, 1.54) is 27.5 Å². The lowest BCUT2D eigenvalue weighted by Gasteiger charge is -2.25. The number of thioether (sulfide) groups is 2. The molecule has 154 valence electrons. The van der Waals surface area contributed by atoms with Crippen LogP contribution in [0.1, 0.15) is 36.6 Å². The Hall–Kier alpha value is -1.80. The summed E-state index contributed by atoms with van der Waals surface area (Å²) >= 11 is 5.56. The van der Waals surface area contributed by atoms with E-state index < -0.39 is 0 Å². The maximum absolute atomic E-state index is 12.7. The normalized spacial score (nSPS) is 17.1. The van der Waals surface area contributed by atoms with Crippen LogP contribution in [0.15, 0.2) is 54.6 Å². The van der Waals surface area contributed by atoms with Crippen LogP contribution in [0.5, 0.6) is 0 Å². The van der Waals surface area contributed by atoms with Gasteiger partial charge in [0, 0.05) is 48.0 Å². The van der Waals surface area contributed by atoms with Gasteiger partial charge < -0.3 is 0 Å². The predicted molar refractivity (Wildman–Crippen MR) is 128 cm³/mol. The molecule has 1 aromatic heterocycles. The van der Waals surface area contributed by atoms with Gasteiger partial charge in [0.2, 0.25) is 0 Å². The summed E-state index contributed by atoms with van der Waals surface area (Å²) in [5, 5.41) is 3.71. The molecule has 0 saturated carbocycles. The van der Waals surface area contributed by atoms with E-state index in [2.05, 4.69) is 52.7 Å². The number of amides is 1. The second-order valence-corrected chi connectivity index (χ2v) is 11.3. The third kappa shape index (κ3) is 4.59. The highest BCUT2D eigenvalue weighted by molar-refractivity contribution is 8.19. The summed E-state index contributed by atoms with van der Waals surface area (Å²) in [4.78, 5) is 21.1. The molecule has 1 N–H and O–H groups in total. The number of carbonyl (C=O) groups is 1. The molecule has 3 aromatic rings. The molecule has 3 heterocycles. The first kappa shape index (κ1) is 20.1. The molecule has 30 heavy (non-hydrogen) atoms. The summed E-state index contributed by atoms with van der Waals surface area (Å²) in [6.07, 6.45) is 0.931. The maximum atomic E-state index is 12.7. The molecule has 4 nitrogen and oxygen atoms in total. The monoisotopic (exact) mass is 453 g/mol. The molecule has 0 radical (unpaired) electrons. The van der Waals surface area contributed by atoms with Crippen molar-refractivity contribution in [3.63, 3.8) is 0 Å². The number of thiazole rings is 1. The molecule has 1 fully saturated rings. The number of hydrogen-bond acceptors (Lipinski definition) is 6. The van der Waals surface area contributed by atoms with E-state index in [-0.39, 0.29) is 5.91 Å². The zero-order valence-electron chi connectivity index (χ0n) is 16.5. The van der Waals surface area contributed by atoms with E-state index >= 15 is 0 Å². The Morgan fingerprint density at radius 2 is 1.83 bits per heavy atom. The van der Waals surface area contributed by atoms with E-state index in [1.807, 2.05) is 35.7 Å². The molecular formula is C23H23N3OS3. The molecule has 2 aliphatic rings. The van der Waals surface area contributed by atoms with Gasteiger partial charge in [0.25, 0.3) is 5.91 Å². The van der Waals surface area contributed by atoms with Gasteiger partial charge in [-0.2, -0.15) is 0 Å². The second-order valence-electron chi connectivity index (χ2n) is 7.48. The fourth-order valence-electron chi connectivity index (χ4n) is 3.79. The number of anilines is 1. The van der Waals surface area contributed by atoms with Crippen LogP contribution in [-0.2, 0) is 19.5 Å². The SMILES string of the molecule is O=C(Nc1nc2c(s1)CN(Cc1ccccc1)CC2)c1ccc(C2SCCS2)cc1. The summed E-state index contributed by atoms with van der Waals surface area (Å²) in [5.41, 5.74) is 4.44. The number of carbonyl (C=O) groups excluding carboxylic acids is 1. The van der Waals surface area contributed by atoms with Crippen LogP contribution in [0.2, 0.25) is 0 Å². The van der Waals surface area contributed by atoms with E-state index in [1.54, 1.807) is 11.3 Å². The minimum Gasteiger partial charge on any atom is -0.298 e. The van der Waals surface area contributed by atoms with E-state index in [9.17, 15) is 4.79 Å². The lowest BCUT2D eigenvalue weighted by Crippen LogP contribution is -2.29. The third-order valence-corrected chi connectivity index (χ3v) is 9.45. The number of nitrogens with one attached hydrogen (secondary N) is 1. The van der Waals surface area contributed by atoms with E-state index in [0.717, 1.165) is 31.7 Å². The minimum absolute atomic E-state index is 0.0829. The average molecular weight is 454 g/mol. The fraction of sp³-hybridized carbons (Fsp3) is 0.304. The van der Waals surface area contributed by atoms with Crippen LogP contribution in [0.4, 0.5) is 5.13 Å². The van der Waals surface area contributed by atoms with E-state index in [4.69, 9.17) is 4.98 Å². The first-order chi connectivity index (χ1) is 14.7. The van der Waals surface area contributed by atoms with Crippen molar-refractivity contribution in [2.75, 3.05) is 23.4 Å². The predicted octanol–water partition coefficient (Wildman–Crippen LogP) is 5.43. The van der Waals surface area contributed by atoms with Crippen molar-refractivity contribution in [1.82, 2.24) is 9.88 Å². The Labute approximate surface area is 189 Å². The van der Waals surface area contributed by atoms with Gasteiger partial charge in [-0.25, -0.2) is 4.98 Å². The molecule has 2 aliphatic heterocycles. The van der Waals surface area contributed by atoms with Crippen molar-refractivity contribution in [1.29, 1.82) is 0 Å². The molecule has 2 aromatic carbocycles. The van der Waals surface area contributed by atoms with Gasteiger partial charge in [-0.1, -0.05) is 42.5 Å². The first-order valence-corrected chi connectivity index (χ1v) is 13.1. The van der Waals surface area contributed by atoms with Crippen LogP contribution in [-0.4, -0.2) is 33.8 Å². The van der Waals surface area contributed by atoms with Gasteiger partial charge in [0.05, 0.1) is 10.3 Å². The highest BCUT2D eigenvalue weighted by Gasteiger charge is 2.22. The zero-order chi connectivity index (χ0) is 20.3. The Kier molecular flexibility index (Phi) is 6.13. The molecule has 7 heteroatoms. The van der Waals surface area contributed by atoms with Gasteiger partial charge in [0.1, 0.15) is 0 Å². The topological polar surface area (TPSA) is 45.2 Å². The van der Waals surface area contributed by atoms with Gasteiger partial charge in [-0.3, -0.25) is 15.0 Å². The summed E-state index contributed by atoms with van der Waals surface area (Å²) in [6, 6.07) is 18.6. The summed E-state index contributed by atoms with van der Waals surface area (Å²) < 4.78 is 0.506. The summed E-state index contributed by atoms with van der Waals surface area (Å²) in [6.45, 7) is 2.84. The maximum Gasteiger partial charge on any atom is 0.257 e. The molecule has 0 unspecified atom stereocenters. The molecule has 0 atom stereocenters. The van der Waals surface area contributed by atoms with Gasteiger partial charge in [0.15, 0.2) is 5.13 Å². The molecule has 1 saturated heterocycles. The van der Waals surface area contributed by atoms with Crippen LogP contribution in [0, 0.1) is 0 Å². The number of aromatic nitrogens is 1. The fourth-order valence-corrected chi connectivity index (χ4v) is 7.70. The average Bonchev–Trinajstić information content (AvgIpc) is 3.44. The van der Waals surface area contributed by atoms with E-state index in [0.29, 0.717) is 15.3 Å². The van der Waals surface area contributed by atoms with Crippen molar-refractivity contribution in [3.05, 3.63) is 81.9 Å². The number of benzene rings is 2. The molecule has 0 spiro atoms. The van der Waals surface area contributed by atoms with Gasteiger partial charge in [-0.05, 0) is 23.3 Å². The highest BCUT2D eigenvalue weighted by atomic mass is 32.2. The molecular weight excluding hydrogens is 430 g/mol. The standard InChI is InChI=1S/C23H23N3OS3/c27-21(17-6-8-18(9-7-17)22-28-12-13-29-22)25-23-24-19-10-11-26(15-20(19)30-23)14-16-4-2-1-3-5-16/h1-9,22H,10-15H2,(H,24,25,27). The minimum atomic E-state index is -0.0829. The van der Waals surface area contributed by atoms with Gasteiger partial charge >= 0.3 is 0 Å². The molecule has 0 aliphatic carbocycles. The molecule has 1 amide bonds. The quantitative estimate of drug-likeness (QED) is 0.558. The van der Waals surface area contributed by atoms with Crippen LogP contribution >= 0.6 is 34.9 Å². The number of hydrogen-bond donors (Lipinski definition) is 1. The Morgan fingerprint density at radius 1 is 1.07 bits per heavy atom. The number of rotatable bonds is 5. The van der Waals surface area contributed by atoms with Crippen molar-refractivity contribution in [2.45, 2.75) is 24.1 Å². The van der Waals surface area contributed by atoms with Crippen molar-refractivity contribution in [3.8, 4) is 0 Å². The zero-order valence-corrected chi connectivity index (χ0v) is 19.0. The van der Waals surface area contributed by atoms with Gasteiger partial charge in [-0.15, -0.1) is 34.9 Å². The van der Waals surface area contributed by atoms with Crippen molar-refractivity contribution < 1.29 is 4.79 Å². The van der Waals surface area contributed by atoms with Crippen molar-refractivity contribution in [2.24, 2.45) is 0 Å². The third-order valence-electron chi connectivity index (χ3n) is 5.35. The lowest BCUT2D eigenvalue weighted by molar-refractivity contribution is 0.102. The smallest absolute Gasteiger partial charge is 0.257 e. The summed E-state index contributed by atoms with van der Waals surface area (Å²) in [5.74, 6) is 2.32. The van der Waals surface area contributed by atoms with Crippen molar-refractivity contribution >= 4 is 45.9 Å². The van der Waals surface area contributed by atoms with Crippen LogP contribution in [0.3, 0.4) is 0 Å². The number of fused-ring (bicyclic) bond motifs is 1. The molecule has 5 rings (SSSR count). The highest BCUT2D eigenvalue weighted by Crippen LogP contribution is 2.45. The lowest BCUT2D eigenvalue weighted by atomic mass is 10.1. The largest absolute Gasteiger partial charge is 0.298 e.